The molecule has 1 aromatic carbocycles. The van der Waals surface area contributed by atoms with Gasteiger partial charge < -0.3 is 10.4 Å². The number of halogens is 3. The lowest BCUT2D eigenvalue weighted by Gasteiger charge is -2.13. The van der Waals surface area contributed by atoms with Gasteiger partial charge in [-0.2, -0.15) is 13.2 Å². The van der Waals surface area contributed by atoms with Crippen LogP contribution in [0.4, 0.5) is 19.0 Å². The number of benzene rings is 1. The minimum absolute atomic E-state index is 0.0925. The molecule has 1 atom stereocenters. The second-order valence-corrected chi connectivity index (χ2v) is 4.16. The number of carboxylic acids is 1. The van der Waals surface area contributed by atoms with E-state index in [1.165, 1.54) is 13.0 Å². The minimum atomic E-state index is -4.46. The standard InChI is InChI=1S/C12H10F3N3O2/c1-6(11(19)20)18-10-8-3-2-7(12(13,14)15)4-9(8)16-5-17-10/h2-6H,1H3,(H,19,20)(H,16,17,18). The SMILES string of the molecule is CC(Nc1ncnc2cc(C(F)(F)F)ccc12)C(=O)O. The molecule has 0 saturated heterocycles. The van der Waals surface area contributed by atoms with E-state index in [4.69, 9.17) is 5.11 Å². The van der Waals surface area contributed by atoms with Crippen molar-refractivity contribution in [2.24, 2.45) is 0 Å². The van der Waals surface area contributed by atoms with Crippen LogP contribution < -0.4 is 5.32 Å². The summed E-state index contributed by atoms with van der Waals surface area (Å²) in [5.74, 6) is -0.915. The highest BCUT2D eigenvalue weighted by Crippen LogP contribution is 2.32. The zero-order valence-electron chi connectivity index (χ0n) is 10.3. The topological polar surface area (TPSA) is 75.1 Å². The first kappa shape index (κ1) is 14.0. The van der Waals surface area contributed by atoms with E-state index in [1.807, 2.05) is 0 Å². The summed E-state index contributed by atoms with van der Waals surface area (Å²) in [6.45, 7) is 1.40. The number of aromatic nitrogens is 2. The zero-order chi connectivity index (χ0) is 14.9. The lowest BCUT2D eigenvalue weighted by Crippen LogP contribution is -2.26. The van der Waals surface area contributed by atoms with Crippen LogP contribution in [0.1, 0.15) is 12.5 Å². The number of carboxylic acid groups (broad SMARTS) is 1. The largest absolute Gasteiger partial charge is 0.480 e. The number of hydrogen-bond donors (Lipinski definition) is 2. The number of hydrogen-bond acceptors (Lipinski definition) is 4. The van der Waals surface area contributed by atoms with E-state index in [0.717, 1.165) is 18.5 Å². The van der Waals surface area contributed by atoms with Gasteiger partial charge in [-0.05, 0) is 25.1 Å². The molecule has 2 rings (SSSR count). The molecule has 0 aliphatic heterocycles. The van der Waals surface area contributed by atoms with Gasteiger partial charge in [0, 0.05) is 5.39 Å². The fourth-order valence-electron chi connectivity index (χ4n) is 1.62. The van der Waals surface area contributed by atoms with Gasteiger partial charge >= 0.3 is 12.1 Å². The molecular formula is C12H10F3N3O2. The Bertz CT molecular complexity index is 658. The third kappa shape index (κ3) is 2.79. The number of nitrogens with one attached hydrogen (secondary N) is 1. The highest BCUT2D eigenvalue weighted by atomic mass is 19.4. The van der Waals surface area contributed by atoms with Crippen LogP contribution in [-0.4, -0.2) is 27.1 Å². The number of anilines is 1. The molecule has 2 N–H and O–H groups in total. The van der Waals surface area contributed by atoms with Crippen molar-refractivity contribution in [2.45, 2.75) is 19.1 Å². The summed E-state index contributed by atoms with van der Waals surface area (Å²) in [5.41, 5.74) is -0.726. The molecule has 106 valence electrons. The molecule has 1 aromatic heterocycles. The highest BCUT2D eigenvalue weighted by molar-refractivity contribution is 5.91. The maximum absolute atomic E-state index is 12.6. The Morgan fingerprint density at radius 3 is 2.65 bits per heavy atom. The van der Waals surface area contributed by atoms with Crippen molar-refractivity contribution in [3.8, 4) is 0 Å². The fourth-order valence-corrected chi connectivity index (χ4v) is 1.62. The van der Waals surface area contributed by atoms with Gasteiger partial charge in [-0.1, -0.05) is 0 Å². The lowest BCUT2D eigenvalue weighted by molar-refractivity contribution is -0.138. The molecule has 0 aliphatic carbocycles. The van der Waals surface area contributed by atoms with Crippen LogP contribution in [0, 0.1) is 0 Å². The normalized spacial score (nSPS) is 13.2. The molecule has 0 amide bonds. The number of carbonyl (C=O) groups is 1. The van der Waals surface area contributed by atoms with Crippen LogP contribution in [0.25, 0.3) is 10.9 Å². The Hall–Kier alpha value is -2.38. The van der Waals surface area contributed by atoms with E-state index in [9.17, 15) is 18.0 Å². The molecule has 20 heavy (non-hydrogen) atoms. The lowest BCUT2D eigenvalue weighted by atomic mass is 10.1. The van der Waals surface area contributed by atoms with Gasteiger partial charge in [0.15, 0.2) is 0 Å². The molecule has 0 radical (unpaired) electrons. The first-order chi connectivity index (χ1) is 9.29. The zero-order valence-corrected chi connectivity index (χ0v) is 10.3. The summed E-state index contributed by atoms with van der Waals surface area (Å²) in [7, 11) is 0. The average molecular weight is 285 g/mol. The fraction of sp³-hybridized carbons (Fsp3) is 0.250. The van der Waals surface area contributed by atoms with Crippen molar-refractivity contribution < 1.29 is 23.1 Å². The number of aliphatic carboxylic acids is 1. The number of alkyl halides is 3. The number of fused-ring (bicyclic) bond motifs is 1. The highest BCUT2D eigenvalue weighted by Gasteiger charge is 2.30. The van der Waals surface area contributed by atoms with E-state index in [-0.39, 0.29) is 11.3 Å². The molecule has 8 heteroatoms. The molecule has 0 bridgehead atoms. The monoisotopic (exact) mass is 285 g/mol. The predicted molar refractivity (Wildman–Crippen MR) is 65.3 cm³/mol. The summed E-state index contributed by atoms with van der Waals surface area (Å²) in [6.07, 6.45) is -3.37. The smallest absolute Gasteiger partial charge is 0.416 e. The average Bonchev–Trinajstić information content (AvgIpc) is 2.37. The van der Waals surface area contributed by atoms with E-state index in [1.54, 1.807) is 0 Å². The van der Waals surface area contributed by atoms with Crippen molar-refractivity contribution in [1.82, 2.24) is 9.97 Å². The molecule has 1 unspecified atom stereocenters. The van der Waals surface area contributed by atoms with Gasteiger partial charge in [-0.15, -0.1) is 0 Å². The Kier molecular flexibility index (Phi) is 3.47. The van der Waals surface area contributed by atoms with Crippen molar-refractivity contribution in [3.63, 3.8) is 0 Å². The van der Waals surface area contributed by atoms with Gasteiger partial charge in [0.05, 0.1) is 11.1 Å². The third-order valence-electron chi connectivity index (χ3n) is 2.69. The summed E-state index contributed by atoms with van der Waals surface area (Å²) in [5, 5.41) is 11.7. The summed E-state index contributed by atoms with van der Waals surface area (Å²) in [6, 6.07) is 2.10. The van der Waals surface area contributed by atoms with Crippen molar-refractivity contribution >= 4 is 22.7 Å². The Balaban J connectivity index is 2.46. The molecule has 0 spiro atoms. The van der Waals surface area contributed by atoms with Gasteiger partial charge in [-0.3, -0.25) is 4.79 Å². The Morgan fingerprint density at radius 1 is 1.35 bits per heavy atom. The van der Waals surface area contributed by atoms with Crippen LogP contribution in [0.3, 0.4) is 0 Å². The third-order valence-corrected chi connectivity index (χ3v) is 2.69. The predicted octanol–water partition coefficient (Wildman–Crippen LogP) is 2.53. The van der Waals surface area contributed by atoms with E-state index in [0.29, 0.717) is 5.39 Å². The molecule has 0 fully saturated rings. The quantitative estimate of drug-likeness (QED) is 0.906. The van der Waals surface area contributed by atoms with Gasteiger partial charge in [0.2, 0.25) is 0 Å². The second kappa shape index (κ2) is 4.95. The molecule has 2 aromatic rings. The second-order valence-electron chi connectivity index (χ2n) is 4.16. The van der Waals surface area contributed by atoms with E-state index < -0.39 is 23.8 Å². The van der Waals surface area contributed by atoms with E-state index >= 15 is 0 Å². The van der Waals surface area contributed by atoms with Crippen LogP contribution in [0.2, 0.25) is 0 Å². The summed E-state index contributed by atoms with van der Waals surface area (Å²) in [4.78, 5) is 18.4. The summed E-state index contributed by atoms with van der Waals surface area (Å²) >= 11 is 0. The van der Waals surface area contributed by atoms with E-state index in [2.05, 4.69) is 15.3 Å². The molecule has 0 saturated carbocycles. The van der Waals surface area contributed by atoms with Gasteiger partial charge in [0.1, 0.15) is 18.2 Å². The number of rotatable bonds is 3. The van der Waals surface area contributed by atoms with Crippen molar-refractivity contribution in [3.05, 3.63) is 30.1 Å². The van der Waals surface area contributed by atoms with Crippen LogP contribution in [-0.2, 0) is 11.0 Å². The number of nitrogens with zero attached hydrogens (tertiary/aromatic N) is 2. The van der Waals surface area contributed by atoms with Crippen LogP contribution >= 0.6 is 0 Å². The molecule has 5 nitrogen and oxygen atoms in total. The van der Waals surface area contributed by atoms with Gasteiger partial charge in [-0.25, -0.2) is 9.97 Å². The Morgan fingerprint density at radius 2 is 2.05 bits per heavy atom. The van der Waals surface area contributed by atoms with Crippen molar-refractivity contribution in [1.29, 1.82) is 0 Å². The maximum Gasteiger partial charge on any atom is 0.416 e. The first-order valence-corrected chi connectivity index (χ1v) is 5.60. The molecule has 1 heterocycles. The van der Waals surface area contributed by atoms with Crippen LogP contribution in [0.5, 0.6) is 0 Å². The maximum atomic E-state index is 12.6. The van der Waals surface area contributed by atoms with Crippen molar-refractivity contribution in [2.75, 3.05) is 5.32 Å². The minimum Gasteiger partial charge on any atom is -0.480 e. The molecule has 0 aliphatic rings. The Labute approximate surface area is 111 Å². The van der Waals surface area contributed by atoms with Gasteiger partial charge in [0.25, 0.3) is 0 Å². The molecular weight excluding hydrogens is 275 g/mol. The first-order valence-electron chi connectivity index (χ1n) is 5.60. The van der Waals surface area contributed by atoms with Crippen LogP contribution in [0.15, 0.2) is 24.5 Å². The summed E-state index contributed by atoms with van der Waals surface area (Å²) < 4.78 is 37.8.